The summed E-state index contributed by atoms with van der Waals surface area (Å²) in [5, 5.41) is 5.87. The van der Waals surface area contributed by atoms with Crippen molar-refractivity contribution in [3.8, 4) is 5.75 Å². The third kappa shape index (κ3) is 4.08. The Morgan fingerprint density at radius 3 is 2.67 bits per heavy atom. The molecule has 1 aromatic carbocycles. The second kappa shape index (κ2) is 7.62. The largest absolute Gasteiger partial charge is 0.496 e. The molecule has 0 saturated carbocycles. The zero-order valence-electron chi connectivity index (χ0n) is 13.4. The molecule has 0 radical (unpaired) electrons. The lowest BCUT2D eigenvalue weighted by Crippen LogP contribution is -2.24. The van der Waals surface area contributed by atoms with Crippen LogP contribution in [0, 0.1) is 13.8 Å². The zero-order valence-corrected chi connectivity index (χ0v) is 14.2. The van der Waals surface area contributed by atoms with Gasteiger partial charge in [-0.1, -0.05) is 24.6 Å². The molecule has 0 spiro atoms. The summed E-state index contributed by atoms with van der Waals surface area (Å²) in [5.41, 5.74) is 3.93. The Labute approximate surface area is 132 Å². The lowest BCUT2D eigenvalue weighted by Gasteiger charge is -2.20. The molecule has 21 heavy (non-hydrogen) atoms. The first-order valence-corrected chi connectivity index (χ1v) is 8.44. The second-order valence-corrected chi connectivity index (χ2v) is 6.44. The van der Waals surface area contributed by atoms with E-state index in [4.69, 9.17) is 4.74 Å². The number of nitrogens with one attached hydrogen (secondary N) is 1. The van der Waals surface area contributed by atoms with Crippen molar-refractivity contribution in [1.29, 1.82) is 0 Å². The van der Waals surface area contributed by atoms with E-state index < -0.39 is 0 Å². The summed E-state index contributed by atoms with van der Waals surface area (Å²) >= 11 is 1.84. The van der Waals surface area contributed by atoms with Gasteiger partial charge in [0.1, 0.15) is 5.75 Å². The van der Waals surface area contributed by atoms with E-state index in [2.05, 4.69) is 55.7 Å². The number of benzene rings is 1. The fraction of sp³-hybridized carbons (Fsp3) is 0.444. The first-order chi connectivity index (χ1) is 10.2. The van der Waals surface area contributed by atoms with Crippen LogP contribution in [0.25, 0.3) is 0 Å². The van der Waals surface area contributed by atoms with E-state index in [0.717, 1.165) is 25.1 Å². The van der Waals surface area contributed by atoms with Crippen LogP contribution < -0.4 is 10.1 Å². The molecule has 1 atom stereocenters. The molecule has 0 aliphatic heterocycles. The maximum absolute atomic E-state index is 5.53. The Kier molecular flexibility index (Phi) is 5.83. The van der Waals surface area contributed by atoms with Gasteiger partial charge in [0.2, 0.25) is 0 Å². The molecular formula is C18H25NOS. The van der Waals surface area contributed by atoms with Crippen LogP contribution in [0.3, 0.4) is 0 Å². The summed E-state index contributed by atoms with van der Waals surface area (Å²) in [5.74, 6) is 0.984. The monoisotopic (exact) mass is 303 g/mol. The number of hydrogen-bond acceptors (Lipinski definition) is 3. The molecule has 0 aliphatic rings. The van der Waals surface area contributed by atoms with Crippen molar-refractivity contribution in [1.82, 2.24) is 5.32 Å². The van der Waals surface area contributed by atoms with E-state index >= 15 is 0 Å². The average molecular weight is 303 g/mol. The van der Waals surface area contributed by atoms with Gasteiger partial charge in [0.05, 0.1) is 7.11 Å². The molecule has 0 fully saturated rings. The summed E-state index contributed by atoms with van der Waals surface area (Å²) in [6.45, 7) is 7.57. The van der Waals surface area contributed by atoms with Gasteiger partial charge < -0.3 is 10.1 Å². The molecule has 0 aliphatic carbocycles. The van der Waals surface area contributed by atoms with Crippen LogP contribution in [0.2, 0.25) is 0 Å². The molecular weight excluding hydrogens is 278 g/mol. The minimum atomic E-state index is 0.362. The van der Waals surface area contributed by atoms with Gasteiger partial charge in [-0.15, -0.1) is 11.3 Å². The number of rotatable bonds is 7. The van der Waals surface area contributed by atoms with Crippen LogP contribution in [0.5, 0.6) is 5.75 Å². The first kappa shape index (κ1) is 16.1. The summed E-state index contributed by atoms with van der Waals surface area (Å²) in [6, 6.07) is 8.98. The molecule has 1 N–H and O–H groups in total. The van der Waals surface area contributed by atoms with Crippen molar-refractivity contribution in [2.75, 3.05) is 13.7 Å². The van der Waals surface area contributed by atoms with E-state index in [9.17, 15) is 0 Å². The molecule has 2 rings (SSSR count). The predicted octanol–water partition coefficient (Wildman–Crippen LogP) is 4.66. The Bertz CT molecular complexity index is 576. The molecule has 2 nitrogen and oxygen atoms in total. The van der Waals surface area contributed by atoms with Crippen LogP contribution in [-0.2, 0) is 6.42 Å². The molecule has 0 saturated heterocycles. The Morgan fingerprint density at radius 1 is 1.24 bits per heavy atom. The quantitative estimate of drug-likeness (QED) is 0.803. The van der Waals surface area contributed by atoms with Crippen molar-refractivity contribution < 1.29 is 4.74 Å². The summed E-state index contributed by atoms with van der Waals surface area (Å²) < 4.78 is 5.53. The smallest absolute Gasteiger partial charge is 0.122 e. The fourth-order valence-electron chi connectivity index (χ4n) is 2.60. The minimum absolute atomic E-state index is 0.362. The number of thiophene rings is 1. The van der Waals surface area contributed by atoms with Crippen LogP contribution in [0.1, 0.15) is 41.0 Å². The Balaban J connectivity index is 2.26. The summed E-state index contributed by atoms with van der Waals surface area (Å²) in [6.07, 6.45) is 2.11. The Morgan fingerprint density at radius 2 is 2.05 bits per heavy atom. The maximum atomic E-state index is 5.53. The topological polar surface area (TPSA) is 21.3 Å². The first-order valence-electron chi connectivity index (χ1n) is 7.56. The lowest BCUT2D eigenvalue weighted by molar-refractivity contribution is 0.405. The third-order valence-corrected chi connectivity index (χ3v) is 4.85. The molecule has 0 amide bonds. The van der Waals surface area contributed by atoms with E-state index in [1.165, 1.54) is 21.6 Å². The molecule has 1 unspecified atom stereocenters. The summed E-state index contributed by atoms with van der Waals surface area (Å²) in [4.78, 5) is 1.44. The van der Waals surface area contributed by atoms with Crippen LogP contribution >= 0.6 is 11.3 Å². The van der Waals surface area contributed by atoms with Gasteiger partial charge in [-0.3, -0.25) is 0 Å². The molecule has 1 aromatic heterocycles. The van der Waals surface area contributed by atoms with Crippen LogP contribution in [-0.4, -0.2) is 13.7 Å². The second-order valence-electron chi connectivity index (χ2n) is 5.49. The average Bonchev–Trinajstić information content (AvgIpc) is 2.90. The SMILES string of the molecule is CCCNC(Cc1cc(C)ccc1OC)c1sccc1C. The van der Waals surface area contributed by atoms with Crippen molar-refractivity contribution in [3.63, 3.8) is 0 Å². The van der Waals surface area contributed by atoms with Crippen molar-refractivity contribution >= 4 is 11.3 Å². The highest BCUT2D eigenvalue weighted by atomic mass is 32.1. The maximum Gasteiger partial charge on any atom is 0.122 e. The van der Waals surface area contributed by atoms with E-state index in [1.54, 1.807) is 7.11 Å². The number of methoxy groups -OCH3 is 1. The predicted molar refractivity (Wildman–Crippen MR) is 91.5 cm³/mol. The van der Waals surface area contributed by atoms with Gasteiger partial charge in [-0.05, 0) is 61.9 Å². The van der Waals surface area contributed by atoms with Gasteiger partial charge in [0.25, 0.3) is 0 Å². The molecule has 1 heterocycles. The van der Waals surface area contributed by atoms with E-state index in [-0.39, 0.29) is 0 Å². The molecule has 2 aromatic rings. The molecule has 3 heteroatoms. The highest BCUT2D eigenvalue weighted by Crippen LogP contribution is 2.30. The highest BCUT2D eigenvalue weighted by Gasteiger charge is 2.17. The standard InChI is InChI=1S/C18H25NOS/c1-5-9-19-16(18-14(3)8-10-21-18)12-15-11-13(2)6-7-17(15)20-4/h6-8,10-11,16,19H,5,9,12H2,1-4H3. The molecule has 114 valence electrons. The van der Waals surface area contributed by atoms with Gasteiger partial charge in [-0.2, -0.15) is 0 Å². The fourth-order valence-corrected chi connectivity index (χ4v) is 3.61. The van der Waals surface area contributed by atoms with Gasteiger partial charge >= 0.3 is 0 Å². The summed E-state index contributed by atoms with van der Waals surface area (Å²) in [7, 11) is 1.75. The van der Waals surface area contributed by atoms with Crippen molar-refractivity contribution in [2.45, 2.75) is 39.7 Å². The highest BCUT2D eigenvalue weighted by molar-refractivity contribution is 7.10. The molecule has 0 bridgehead atoms. The van der Waals surface area contributed by atoms with Crippen LogP contribution in [0.15, 0.2) is 29.6 Å². The van der Waals surface area contributed by atoms with E-state index in [0.29, 0.717) is 6.04 Å². The zero-order chi connectivity index (χ0) is 15.2. The Hall–Kier alpha value is -1.32. The van der Waals surface area contributed by atoms with Gasteiger partial charge in [0.15, 0.2) is 0 Å². The lowest BCUT2D eigenvalue weighted by atomic mass is 10.00. The van der Waals surface area contributed by atoms with Crippen molar-refractivity contribution in [3.05, 3.63) is 51.2 Å². The number of hydrogen-bond donors (Lipinski definition) is 1. The van der Waals surface area contributed by atoms with Crippen LogP contribution in [0.4, 0.5) is 0 Å². The number of aryl methyl sites for hydroxylation is 2. The number of ether oxygens (including phenoxy) is 1. The van der Waals surface area contributed by atoms with E-state index in [1.807, 2.05) is 11.3 Å². The van der Waals surface area contributed by atoms with Crippen molar-refractivity contribution in [2.24, 2.45) is 0 Å². The third-order valence-electron chi connectivity index (χ3n) is 3.72. The normalized spacial score (nSPS) is 12.4. The minimum Gasteiger partial charge on any atom is -0.496 e. The van der Waals surface area contributed by atoms with Gasteiger partial charge in [0, 0.05) is 10.9 Å². The van der Waals surface area contributed by atoms with Gasteiger partial charge in [-0.25, -0.2) is 0 Å².